The summed E-state index contributed by atoms with van der Waals surface area (Å²) in [5.74, 6) is 1.55. The molecule has 0 aromatic rings. The van der Waals surface area contributed by atoms with E-state index in [9.17, 15) is 0 Å². The maximum Gasteiger partial charge on any atom is 0.0639 e. The molecule has 0 saturated heterocycles. The van der Waals surface area contributed by atoms with E-state index in [0.717, 1.165) is 23.8 Å². The van der Waals surface area contributed by atoms with Crippen molar-refractivity contribution in [2.75, 3.05) is 6.61 Å². The molecule has 1 fully saturated rings. The Morgan fingerprint density at radius 1 is 1.35 bits per heavy atom. The fraction of sp³-hybridized carbons (Fsp3) is 0.875. The zero-order valence-corrected chi connectivity index (χ0v) is 12.5. The molecular formula is C16H30O. The van der Waals surface area contributed by atoms with Crippen LogP contribution in [-0.4, -0.2) is 11.7 Å². The average Bonchev–Trinajstić information content (AvgIpc) is 2.47. The first-order valence-corrected chi connectivity index (χ1v) is 7.06. The molecule has 0 aliphatic heterocycles. The lowest BCUT2D eigenvalue weighted by Crippen LogP contribution is -2.36. The Balaban J connectivity index is 2.84. The molecule has 1 aliphatic rings. The number of rotatable bonds is 4. The van der Waals surface area contributed by atoms with Crippen LogP contribution in [0.2, 0.25) is 0 Å². The van der Waals surface area contributed by atoms with Gasteiger partial charge in [-0.25, -0.2) is 0 Å². The smallest absolute Gasteiger partial charge is 0.0639 e. The second-order valence-corrected chi connectivity index (χ2v) is 6.77. The second-order valence-electron chi connectivity index (χ2n) is 6.77. The Kier molecular flexibility index (Phi) is 4.46. The van der Waals surface area contributed by atoms with Crippen LogP contribution in [0, 0.1) is 22.7 Å². The molecule has 3 atom stereocenters. The summed E-state index contributed by atoms with van der Waals surface area (Å²) < 4.78 is 0. The molecule has 0 spiro atoms. The van der Waals surface area contributed by atoms with E-state index < -0.39 is 0 Å². The largest absolute Gasteiger partial charge is 0.392 e. The van der Waals surface area contributed by atoms with Crippen LogP contribution >= 0.6 is 0 Å². The predicted octanol–water partition coefficient (Wildman–Crippen LogP) is 4.41. The van der Waals surface area contributed by atoms with Gasteiger partial charge in [0, 0.05) is 0 Å². The molecule has 1 unspecified atom stereocenters. The average molecular weight is 238 g/mol. The first kappa shape index (κ1) is 14.8. The third kappa shape index (κ3) is 2.45. The number of aliphatic hydroxyl groups is 1. The highest BCUT2D eigenvalue weighted by molar-refractivity contribution is 5.07. The summed E-state index contributed by atoms with van der Waals surface area (Å²) in [7, 11) is 0. The van der Waals surface area contributed by atoms with E-state index in [4.69, 9.17) is 5.11 Å². The standard InChI is InChI=1S/C16H30O/c1-7-16(6)13(3)10-14(15(16,4)5)9-8-12(2)11-17/h8,13-14,17H,7,9-11H2,1-6H3/b12-8+/t13-,14?,16+/m0/s1. The molecule has 17 heavy (non-hydrogen) atoms. The summed E-state index contributed by atoms with van der Waals surface area (Å²) in [4.78, 5) is 0. The van der Waals surface area contributed by atoms with Crippen LogP contribution in [0.4, 0.5) is 0 Å². The molecule has 1 heteroatoms. The van der Waals surface area contributed by atoms with E-state index in [1.807, 2.05) is 6.92 Å². The summed E-state index contributed by atoms with van der Waals surface area (Å²) in [6.07, 6.45) is 5.95. The predicted molar refractivity (Wildman–Crippen MR) is 74.9 cm³/mol. The van der Waals surface area contributed by atoms with E-state index in [0.29, 0.717) is 10.8 Å². The van der Waals surface area contributed by atoms with Crippen LogP contribution in [0.3, 0.4) is 0 Å². The van der Waals surface area contributed by atoms with Crippen LogP contribution < -0.4 is 0 Å². The third-order valence-corrected chi connectivity index (χ3v) is 5.95. The SMILES string of the molecule is CC[C@]1(C)[C@@H](C)CC(C/C=C(\C)CO)C1(C)C. The molecule has 0 aromatic heterocycles. The van der Waals surface area contributed by atoms with Gasteiger partial charge in [-0.15, -0.1) is 0 Å². The van der Waals surface area contributed by atoms with Gasteiger partial charge in [0.25, 0.3) is 0 Å². The zero-order valence-electron chi connectivity index (χ0n) is 12.5. The Morgan fingerprint density at radius 2 is 1.94 bits per heavy atom. The van der Waals surface area contributed by atoms with E-state index >= 15 is 0 Å². The van der Waals surface area contributed by atoms with Gasteiger partial charge in [-0.3, -0.25) is 0 Å². The second kappa shape index (κ2) is 5.14. The summed E-state index contributed by atoms with van der Waals surface area (Å²) in [5.41, 5.74) is 1.96. The van der Waals surface area contributed by atoms with Gasteiger partial charge in [0.05, 0.1) is 6.61 Å². The number of aliphatic hydroxyl groups excluding tert-OH is 1. The van der Waals surface area contributed by atoms with Crippen molar-refractivity contribution >= 4 is 0 Å². The van der Waals surface area contributed by atoms with Crippen LogP contribution in [0.5, 0.6) is 0 Å². The lowest BCUT2D eigenvalue weighted by Gasteiger charge is -2.43. The van der Waals surface area contributed by atoms with Crippen molar-refractivity contribution in [3.8, 4) is 0 Å². The number of allylic oxidation sites excluding steroid dienone is 1. The monoisotopic (exact) mass is 238 g/mol. The molecule has 100 valence electrons. The van der Waals surface area contributed by atoms with Crippen LogP contribution in [-0.2, 0) is 0 Å². The highest BCUT2D eigenvalue weighted by atomic mass is 16.3. The van der Waals surface area contributed by atoms with Crippen LogP contribution in [0.15, 0.2) is 11.6 Å². The maximum absolute atomic E-state index is 9.07. The highest BCUT2D eigenvalue weighted by Gasteiger charge is 2.53. The Morgan fingerprint density at radius 3 is 2.35 bits per heavy atom. The molecule has 1 nitrogen and oxygen atoms in total. The molecule has 1 rings (SSSR count). The summed E-state index contributed by atoms with van der Waals surface area (Å²) in [5, 5.41) is 9.07. The van der Waals surface area contributed by atoms with Gasteiger partial charge in [0.2, 0.25) is 0 Å². The van der Waals surface area contributed by atoms with Crippen molar-refractivity contribution in [3.05, 3.63) is 11.6 Å². The molecule has 0 radical (unpaired) electrons. The van der Waals surface area contributed by atoms with E-state index in [2.05, 4.69) is 40.7 Å². The molecule has 0 amide bonds. The van der Waals surface area contributed by atoms with E-state index in [1.54, 1.807) is 0 Å². The maximum atomic E-state index is 9.07. The summed E-state index contributed by atoms with van der Waals surface area (Å²) >= 11 is 0. The Bertz CT molecular complexity index is 290. The first-order valence-electron chi connectivity index (χ1n) is 7.06. The van der Waals surface area contributed by atoms with Crippen molar-refractivity contribution in [1.29, 1.82) is 0 Å². The van der Waals surface area contributed by atoms with Gasteiger partial charge < -0.3 is 5.11 Å². The number of hydrogen-bond donors (Lipinski definition) is 1. The molecule has 1 saturated carbocycles. The highest BCUT2D eigenvalue weighted by Crippen LogP contribution is 2.61. The fourth-order valence-electron chi connectivity index (χ4n) is 3.69. The van der Waals surface area contributed by atoms with Crippen LogP contribution in [0.25, 0.3) is 0 Å². The summed E-state index contributed by atoms with van der Waals surface area (Å²) in [6, 6.07) is 0. The van der Waals surface area contributed by atoms with E-state index in [1.165, 1.54) is 12.8 Å². The normalized spacial score (nSPS) is 37.5. The molecule has 0 bridgehead atoms. The minimum absolute atomic E-state index is 0.202. The fourth-order valence-corrected chi connectivity index (χ4v) is 3.69. The summed E-state index contributed by atoms with van der Waals surface area (Å²) in [6.45, 7) is 14.3. The minimum atomic E-state index is 0.202. The van der Waals surface area contributed by atoms with Crippen molar-refractivity contribution in [2.24, 2.45) is 22.7 Å². The number of hydrogen-bond acceptors (Lipinski definition) is 1. The van der Waals surface area contributed by atoms with E-state index in [-0.39, 0.29) is 6.61 Å². The molecule has 0 heterocycles. The van der Waals surface area contributed by atoms with Crippen molar-refractivity contribution in [2.45, 2.75) is 60.8 Å². The first-order chi connectivity index (χ1) is 7.79. The lowest BCUT2D eigenvalue weighted by molar-refractivity contribution is 0.0587. The molecule has 1 aliphatic carbocycles. The minimum Gasteiger partial charge on any atom is -0.392 e. The molecular weight excluding hydrogens is 208 g/mol. The molecule has 0 aromatic carbocycles. The van der Waals surface area contributed by atoms with Gasteiger partial charge in [-0.1, -0.05) is 46.3 Å². The van der Waals surface area contributed by atoms with Gasteiger partial charge in [0.1, 0.15) is 0 Å². The quantitative estimate of drug-likeness (QED) is 0.719. The molecule has 1 N–H and O–H groups in total. The van der Waals surface area contributed by atoms with Gasteiger partial charge in [-0.2, -0.15) is 0 Å². The lowest BCUT2D eigenvalue weighted by atomic mass is 9.61. The zero-order chi connectivity index (χ0) is 13.3. The Labute approximate surface area is 107 Å². The van der Waals surface area contributed by atoms with Crippen molar-refractivity contribution in [3.63, 3.8) is 0 Å². The van der Waals surface area contributed by atoms with Crippen molar-refractivity contribution in [1.82, 2.24) is 0 Å². The van der Waals surface area contributed by atoms with Gasteiger partial charge >= 0.3 is 0 Å². The van der Waals surface area contributed by atoms with Gasteiger partial charge in [0.15, 0.2) is 0 Å². The van der Waals surface area contributed by atoms with Gasteiger partial charge in [-0.05, 0) is 48.9 Å². The van der Waals surface area contributed by atoms with Crippen LogP contribution in [0.1, 0.15) is 60.8 Å². The third-order valence-electron chi connectivity index (χ3n) is 5.95. The van der Waals surface area contributed by atoms with Crippen molar-refractivity contribution < 1.29 is 5.11 Å². The Hall–Kier alpha value is -0.300. The topological polar surface area (TPSA) is 20.2 Å².